The highest BCUT2D eigenvalue weighted by molar-refractivity contribution is 5.30. The van der Waals surface area contributed by atoms with Gasteiger partial charge in [-0.15, -0.1) is 0 Å². The Hall–Kier alpha value is -0.930. The summed E-state index contributed by atoms with van der Waals surface area (Å²) in [4.78, 5) is 0. The highest BCUT2D eigenvalue weighted by Gasteiger charge is 2.37. The number of morpholine rings is 1. The van der Waals surface area contributed by atoms with Crippen LogP contribution in [0.25, 0.3) is 0 Å². The van der Waals surface area contributed by atoms with Crippen molar-refractivity contribution in [2.24, 2.45) is 0 Å². The van der Waals surface area contributed by atoms with Crippen LogP contribution in [0.15, 0.2) is 18.2 Å². The predicted octanol–water partition coefficient (Wildman–Crippen LogP) is 2.75. The van der Waals surface area contributed by atoms with E-state index in [9.17, 15) is 4.39 Å². The van der Waals surface area contributed by atoms with Crippen molar-refractivity contribution in [3.05, 3.63) is 35.1 Å². The van der Waals surface area contributed by atoms with Crippen molar-refractivity contribution < 1.29 is 9.13 Å². The quantitative estimate of drug-likeness (QED) is 0.811. The first-order valence-electron chi connectivity index (χ1n) is 5.96. The Bertz CT molecular complexity index is 430. The minimum absolute atomic E-state index is 0.0602. The van der Waals surface area contributed by atoms with Crippen molar-refractivity contribution in [1.82, 2.24) is 5.32 Å². The normalized spacial score (nSPS) is 28.1. The van der Waals surface area contributed by atoms with Crippen LogP contribution >= 0.6 is 0 Å². The summed E-state index contributed by atoms with van der Waals surface area (Å²) in [5, 5.41) is 3.58. The summed E-state index contributed by atoms with van der Waals surface area (Å²) in [6, 6.07) is 5.26. The molecule has 1 fully saturated rings. The summed E-state index contributed by atoms with van der Waals surface area (Å²) in [5.41, 5.74) is 1.44. The zero-order valence-electron chi connectivity index (χ0n) is 10.9. The molecule has 2 rings (SSSR count). The molecule has 2 nitrogen and oxygen atoms in total. The minimum atomic E-state index is -0.250. The van der Waals surface area contributed by atoms with E-state index in [1.807, 2.05) is 12.1 Å². The molecular formula is C14H20FNO. The molecule has 0 amide bonds. The second-order valence-electron chi connectivity index (χ2n) is 5.80. The predicted molar refractivity (Wildman–Crippen MR) is 66.5 cm³/mol. The van der Waals surface area contributed by atoms with Crippen LogP contribution in [-0.4, -0.2) is 18.8 Å². The summed E-state index contributed by atoms with van der Waals surface area (Å²) >= 11 is 0. The van der Waals surface area contributed by atoms with Gasteiger partial charge in [0, 0.05) is 5.54 Å². The van der Waals surface area contributed by atoms with Crippen LogP contribution in [0.2, 0.25) is 0 Å². The van der Waals surface area contributed by atoms with Crippen LogP contribution in [0, 0.1) is 12.7 Å². The second kappa shape index (κ2) is 4.07. The Labute approximate surface area is 102 Å². The summed E-state index contributed by atoms with van der Waals surface area (Å²) in [6.07, 6.45) is 0. The molecule has 94 valence electrons. The Morgan fingerprint density at radius 2 is 1.94 bits per heavy atom. The van der Waals surface area contributed by atoms with Gasteiger partial charge in [0.2, 0.25) is 0 Å². The molecule has 0 spiro atoms. The van der Waals surface area contributed by atoms with Crippen LogP contribution in [-0.2, 0) is 10.3 Å². The molecule has 1 heterocycles. The van der Waals surface area contributed by atoms with Crippen LogP contribution in [0.1, 0.15) is 31.9 Å². The summed E-state index contributed by atoms with van der Waals surface area (Å²) < 4.78 is 19.0. The van der Waals surface area contributed by atoms with Crippen molar-refractivity contribution in [2.75, 3.05) is 13.2 Å². The molecule has 0 aromatic heterocycles. The van der Waals surface area contributed by atoms with Gasteiger partial charge in [0.25, 0.3) is 0 Å². The van der Waals surface area contributed by atoms with E-state index >= 15 is 0 Å². The number of halogens is 1. The maximum Gasteiger partial charge on any atom is 0.126 e. The van der Waals surface area contributed by atoms with Gasteiger partial charge in [-0.3, -0.25) is 5.32 Å². The summed E-state index contributed by atoms with van der Waals surface area (Å²) in [7, 11) is 0. The van der Waals surface area contributed by atoms with E-state index in [1.165, 1.54) is 6.07 Å². The Kier molecular flexibility index (Phi) is 3.00. The minimum Gasteiger partial charge on any atom is -0.377 e. The van der Waals surface area contributed by atoms with Gasteiger partial charge in [0.05, 0.1) is 18.8 Å². The monoisotopic (exact) mass is 237 g/mol. The summed E-state index contributed by atoms with van der Waals surface area (Å²) in [6.45, 7) is 9.42. The number of nitrogens with one attached hydrogen (secondary N) is 1. The van der Waals surface area contributed by atoms with Gasteiger partial charge in [-0.2, -0.15) is 0 Å². The number of aryl methyl sites for hydroxylation is 1. The van der Waals surface area contributed by atoms with Crippen molar-refractivity contribution in [3.63, 3.8) is 0 Å². The lowest BCUT2D eigenvalue weighted by Crippen LogP contribution is -2.60. The lowest BCUT2D eigenvalue weighted by atomic mass is 9.87. The first kappa shape index (κ1) is 12.5. The lowest BCUT2D eigenvalue weighted by molar-refractivity contribution is -0.0264. The molecule has 1 aliphatic rings. The third-order valence-corrected chi connectivity index (χ3v) is 3.26. The van der Waals surface area contributed by atoms with E-state index in [4.69, 9.17) is 4.74 Å². The van der Waals surface area contributed by atoms with Crippen molar-refractivity contribution in [1.29, 1.82) is 0 Å². The fraction of sp³-hybridized carbons (Fsp3) is 0.571. The first-order chi connectivity index (χ1) is 7.82. The van der Waals surface area contributed by atoms with Crippen LogP contribution in [0.5, 0.6) is 0 Å². The average Bonchev–Trinajstić information content (AvgIpc) is 2.20. The molecule has 17 heavy (non-hydrogen) atoms. The highest BCUT2D eigenvalue weighted by Crippen LogP contribution is 2.29. The fourth-order valence-electron chi connectivity index (χ4n) is 2.47. The molecule has 1 N–H and O–H groups in total. The number of ether oxygens (including phenoxy) is 1. The third-order valence-electron chi connectivity index (χ3n) is 3.26. The van der Waals surface area contributed by atoms with E-state index in [0.29, 0.717) is 18.8 Å². The maximum absolute atomic E-state index is 13.3. The van der Waals surface area contributed by atoms with Crippen LogP contribution < -0.4 is 5.32 Å². The third kappa shape index (κ3) is 2.50. The standard InChI is InChI=1S/C14H20FNO/c1-10-7-11(5-6-12(10)15)14(4)9-17-8-13(2,3)16-14/h5-7,16H,8-9H2,1-4H3. The molecule has 1 unspecified atom stereocenters. The van der Waals surface area contributed by atoms with Gasteiger partial charge in [-0.05, 0) is 44.9 Å². The van der Waals surface area contributed by atoms with Crippen LogP contribution in [0.3, 0.4) is 0 Å². The number of hydrogen-bond acceptors (Lipinski definition) is 2. The fourth-order valence-corrected chi connectivity index (χ4v) is 2.47. The van der Waals surface area contributed by atoms with Gasteiger partial charge < -0.3 is 4.74 Å². The molecule has 1 saturated heterocycles. The van der Waals surface area contributed by atoms with Gasteiger partial charge in [0.15, 0.2) is 0 Å². The smallest absolute Gasteiger partial charge is 0.126 e. The number of hydrogen-bond donors (Lipinski definition) is 1. The second-order valence-corrected chi connectivity index (χ2v) is 5.80. The first-order valence-corrected chi connectivity index (χ1v) is 5.96. The molecule has 1 aromatic carbocycles. The number of benzene rings is 1. The van der Waals surface area contributed by atoms with Crippen molar-refractivity contribution in [2.45, 2.75) is 38.8 Å². The van der Waals surface area contributed by atoms with E-state index in [1.54, 1.807) is 6.92 Å². The Morgan fingerprint density at radius 3 is 2.53 bits per heavy atom. The van der Waals surface area contributed by atoms with E-state index < -0.39 is 0 Å². The largest absolute Gasteiger partial charge is 0.377 e. The van der Waals surface area contributed by atoms with Crippen LogP contribution in [0.4, 0.5) is 4.39 Å². The molecule has 0 saturated carbocycles. The maximum atomic E-state index is 13.3. The molecule has 0 radical (unpaired) electrons. The zero-order chi connectivity index (χ0) is 12.7. The lowest BCUT2D eigenvalue weighted by Gasteiger charge is -2.44. The molecule has 1 aliphatic heterocycles. The van der Waals surface area contributed by atoms with Gasteiger partial charge in [-0.25, -0.2) is 4.39 Å². The Balaban J connectivity index is 2.34. The SMILES string of the molecule is Cc1cc(C2(C)COCC(C)(C)N2)ccc1F. The summed E-state index contributed by atoms with van der Waals surface area (Å²) in [5.74, 6) is -0.159. The van der Waals surface area contributed by atoms with Gasteiger partial charge in [0.1, 0.15) is 5.82 Å². The molecule has 0 aliphatic carbocycles. The van der Waals surface area contributed by atoms with Gasteiger partial charge in [-0.1, -0.05) is 12.1 Å². The molecule has 1 atom stereocenters. The molecule has 1 aromatic rings. The number of rotatable bonds is 1. The topological polar surface area (TPSA) is 21.3 Å². The van der Waals surface area contributed by atoms with E-state index in [0.717, 1.165) is 5.56 Å². The Morgan fingerprint density at radius 1 is 1.24 bits per heavy atom. The van der Waals surface area contributed by atoms with Crippen molar-refractivity contribution >= 4 is 0 Å². The van der Waals surface area contributed by atoms with Crippen molar-refractivity contribution in [3.8, 4) is 0 Å². The highest BCUT2D eigenvalue weighted by atomic mass is 19.1. The molecule has 3 heteroatoms. The zero-order valence-corrected chi connectivity index (χ0v) is 10.9. The van der Waals surface area contributed by atoms with E-state index in [2.05, 4.69) is 26.1 Å². The van der Waals surface area contributed by atoms with Gasteiger partial charge >= 0.3 is 0 Å². The molecular weight excluding hydrogens is 217 g/mol. The molecule has 0 bridgehead atoms. The van der Waals surface area contributed by atoms with E-state index in [-0.39, 0.29) is 16.9 Å². The average molecular weight is 237 g/mol.